The summed E-state index contributed by atoms with van der Waals surface area (Å²) in [6.07, 6.45) is 4.00. The van der Waals surface area contributed by atoms with Gasteiger partial charge in [0.15, 0.2) is 5.78 Å². The van der Waals surface area contributed by atoms with E-state index in [1.54, 1.807) is 4.90 Å². The van der Waals surface area contributed by atoms with Crippen LogP contribution in [-0.4, -0.2) is 24.4 Å². The predicted molar refractivity (Wildman–Crippen MR) is 75.7 cm³/mol. The quantitative estimate of drug-likeness (QED) is 0.827. The summed E-state index contributed by atoms with van der Waals surface area (Å²) in [5, 5.41) is 11.0. The first-order valence-corrected chi connectivity index (χ1v) is 7.64. The molecule has 0 aliphatic heterocycles. The van der Waals surface area contributed by atoms with E-state index in [1.165, 1.54) is 12.6 Å². The van der Waals surface area contributed by atoms with Crippen LogP contribution >= 0.6 is 0 Å². The van der Waals surface area contributed by atoms with Crippen LogP contribution < -0.4 is 10.0 Å². The van der Waals surface area contributed by atoms with Gasteiger partial charge in [-0.15, -0.1) is 5.76 Å². The molecule has 0 radical (unpaired) electrons. The lowest BCUT2D eigenvalue weighted by atomic mass is 9.93. The maximum atomic E-state index is 11.0. The highest BCUT2D eigenvalue weighted by Crippen LogP contribution is 2.38. The molecule has 3 heteroatoms. The molecule has 0 saturated heterocycles. The molecule has 3 nitrogen and oxygen atoms in total. The molecule has 1 saturated carbocycles. The minimum Gasteiger partial charge on any atom is -0.875 e. The highest BCUT2D eigenvalue weighted by molar-refractivity contribution is 5.93. The van der Waals surface area contributed by atoms with Gasteiger partial charge in [-0.25, -0.2) is 0 Å². The maximum absolute atomic E-state index is 11.0. The Labute approximate surface area is 117 Å². The molecule has 0 amide bonds. The molecule has 0 heterocycles. The lowest BCUT2D eigenvalue weighted by Crippen LogP contribution is -3.17. The molecular formula is C16H29NO2. The summed E-state index contributed by atoms with van der Waals surface area (Å²) in [7, 11) is 0. The number of allylic oxidation sites excluding steroid dienone is 2. The van der Waals surface area contributed by atoms with Gasteiger partial charge >= 0.3 is 0 Å². The van der Waals surface area contributed by atoms with Crippen LogP contribution in [0.5, 0.6) is 0 Å². The topological polar surface area (TPSA) is 44.6 Å². The second-order valence-corrected chi connectivity index (χ2v) is 6.39. The van der Waals surface area contributed by atoms with Gasteiger partial charge in [0.1, 0.15) is 0 Å². The lowest BCUT2D eigenvalue weighted by Gasteiger charge is -2.25. The first-order valence-electron chi connectivity index (χ1n) is 7.64. The number of ketones is 1. The van der Waals surface area contributed by atoms with E-state index in [-0.39, 0.29) is 23.4 Å². The fourth-order valence-corrected chi connectivity index (χ4v) is 3.36. The second kappa shape index (κ2) is 7.09. The van der Waals surface area contributed by atoms with Crippen LogP contribution in [0.15, 0.2) is 11.8 Å². The molecule has 0 spiro atoms. The second-order valence-electron chi connectivity index (χ2n) is 6.39. The molecule has 0 aromatic rings. The van der Waals surface area contributed by atoms with Gasteiger partial charge in [-0.05, 0) is 65.9 Å². The summed E-state index contributed by atoms with van der Waals surface area (Å²) in [6, 6.07) is 1.55. The third-order valence-corrected chi connectivity index (χ3v) is 4.41. The van der Waals surface area contributed by atoms with E-state index in [9.17, 15) is 9.90 Å². The molecule has 1 fully saturated rings. The predicted octanol–water partition coefficient (Wildman–Crippen LogP) is 0.938. The number of hydrogen-bond acceptors (Lipinski definition) is 2. The minimum atomic E-state index is 0.0683. The Balaban J connectivity index is 0.000000192. The van der Waals surface area contributed by atoms with Gasteiger partial charge in [-0.1, -0.05) is 0 Å². The smallest absolute Gasteiger partial charge is 0.157 e. The first-order chi connectivity index (χ1) is 8.86. The molecule has 2 aliphatic carbocycles. The molecule has 19 heavy (non-hydrogen) atoms. The number of hydrogen-bond donors (Lipinski definition) is 1. The summed E-state index contributed by atoms with van der Waals surface area (Å²) in [6.45, 7) is 12.6. The van der Waals surface area contributed by atoms with Gasteiger partial charge in [0.05, 0.1) is 18.6 Å². The van der Waals surface area contributed by atoms with E-state index in [0.29, 0.717) is 0 Å². The maximum Gasteiger partial charge on any atom is 0.157 e. The minimum absolute atomic E-state index is 0.0683. The van der Waals surface area contributed by atoms with Crippen molar-refractivity contribution in [3.63, 3.8) is 0 Å². The highest BCUT2D eigenvalue weighted by atomic mass is 16.3. The van der Waals surface area contributed by atoms with Crippen molar-refractivity contribution in [3.05, 3.63) is 11.8 Å². The molecule has 110 valence electrons. The van der Waals surface area contributed by atoms with Crippen LogP contribution in [0.4, 0.5) is 0 Å². The Bertz CT molecular complexity index is 326. The van der Waals surface area contributed by atoms with Gasteiger partial charge in [-0.3, -0.25) is 4.79 Å². The Morgan fingerprint density at radius 1 is 1.21 bits per heavy atom. The Hall–Kier alpha value is -0.830. The van der Waals surface area contributed by atoms with Crippen LogP contribution in [0, 0.1) is 11.8 Å². The van der Waals surface area contributed by atoms with Gasteiger partial charge in [0, 0.05) is 5.92 Å². The van der Waals surface area contributed by atoms with E-state index >= 15 is 0 Å². The van der Waals surface area contributed by atoms with Gasteiger partial charge in [0.2, 0.25) is 0 Å². The van der Waals surface area contributed by atoms with Gasteiger partial charge in [-0.2, -0.15) is 0 Å². The zero-order valence-corrected chi connectivity index (χ0v) is 13.0. The molecule has 2 bridgehead atoms. The third-order valence-electron chi connectivity index (χ3n) is 4.41. The number of carbonyl (C=O) groups excluding carboxylic acids is 1. The molecule has 2 unspecified atom stereocenters. The van der Waals surface area contributed by atoms with Crippen LogP contribution in [0.3, 0.4) is 0 Å². The van der Waals surface area contributed by atoms with Crippen molar-refractivity contribution < 1.29 is 14.8 Å². The van der Waals surface area contributed by atoms with Crippen molar-refractivity contribution in [2.75, 3.05) is 6.54 Å². The van der Waals surface area contributed by atoms with E-state index in [0.717, 1.165) is 31.3 Å². The van der Waals surface area contributed by atoms with Gasteiger partial charge < -0.3 is 10.0 Å². The fraction of sp³-hybridized carbons (Fsp3) is 0.812. The number of rotatable bonds is 3. The number of quaternary nitrogens is 1. The van der Waals surface area contributed by atoms with Crippen molar-refractivity contribution in [1.29, 1.82) is 0 Å². The number of carbonyl (C=O) groups is 1. The number of fused-ring (bicyclic) bond motifs is 2. The van der Waals surface area contributed by atoms with E-state index < -0.39 is 0 Å². The van der Waals surface area contributed by atoms with Crippen LogP contribution in [0.1, 0.15) is 53.9 Å². The average Bonchev–Trinajstić information content (AvgIpc) is 2.73. The summed E-state index contributed by atoms with van der Waals surface area (Å²) in [4.78, 5) is 12.7. The Morgan fingerprint density at radius 3 is 2.16 bits per heavy atom. The van der Waals surface area contributed by atoms with Crippen molar-refractivity contribution in [1.82, 2.24) is 0 Å². The normalized spacial score (nSPS) is 25.7. The van der Waals surface area contributed by atoms with E-state index in [4.69, 9.17) is 0 Å². The van der Waals surface area contributed by atoms with Crippen molar-refractivity contribution in [2.45, 2.75) is 66.0 Å². The Kier molecular flexibility index (Phi) is 6.05. The SMILES string of the molecule is CC[NH+](C(C)C)C(C)C.O=C1C=C([O-])C2CCC1C2. The summed E-state index contributed by atoms with van der Waals surface area (Å²) < 4.78 is 0. The van der Waals surface area contributed by atoms with Crippen LogP contribution in [-0.2, 0) is 4.79 Å². The largest absolute Gasteiger partial charge is 0.875 e. The summed E-state index contributed by atoms with van der Waals surface area (Å²) in [5.41, 5.74) is 0. The number of nitrogens with one attached hydrogen (secondary N) is 1. The zero-order valence-electron chi connectivity index (χ0n) is 13.0. The monoisotopic (exact) mass is 267 g/mol. The zero-order chi connectivity index (χ0) is 14.6. The molecule has 2 rings (SSSR count). The van der Waals surface area contributed by atoms with Crippen molar-refractivity contribution in [3.8, 4) is 0 Å². The van der Waals surface area contributed by atoms with E-state index in [2.05, 4.69) is 34.6 Å². The fourth-order valence-electron chi connectivity index (χ4n) is 3.36. The van der Waals surface area contributed by atoms with Crippen molar-refractivity contribution >= 4 is 5.78 Å². The standard InChI is InChI=1S/C8H19N.C8H10O2/c1-6-9(7(2)3)8(4)5;9-7-4-8(10)6-2-1-5(7)3-6/h7-8H,6H2,1-5H3;4-6,9H,1-3H2. The molecule has 1 N–H and O–H groups in total. The molecule has 0 aromatic carbocycles. The Morgan fingerprint density at radius 2 is 1.74 bits per heavy atom. The molecule has 0 aromatic heterocycles. The van der Waals surface area contributed by atoms with E-state index in [1.807, 2.05) is 0 Å². The molecule has 2 aliphatic rings. The third kappa shape index (κ3) is 4.34. The van der Waals surface area contributed by atoms with Crippen molar-refractivity contribution in [2.24, 2.45) is 11.8 Å². The summed E-state index contributed by atoms with van der Waals surface area (Å²) >= 11 is 0. The average molecular weight is 267 g/mol. The lowest BCUT2D eigenvalue weighted by molar-refractivity contribution is -0.940. The molecular weight excluding hydrogens is 238 g/mol. The van der Waals surface area contributed by atoms with Crippen LogP contribution in [0.2, 0.25) is 0 Å². The first kappa shape index (κ1) is 16.2. The molecule has 2 atom stereocenters. The highest BCUT2D eigenvalue weighted by Gasteiger charge is 2.31. The van der Waals surface area contributed by atoms with Gasteiger partial charge in [0.25, 0.3) is 0 Å². The summed E-state index contributed by atoms with van der Waals surface area (Å²) in [5.74, 6) is 0.530. The van der Waals surface area contributed by atoms with Crippen LogP contribution in [0.25, 0.3) is 0 Å².